The van der Waals surface area contributed by atoms with Crippen LogP contribution in [0.5, 0.6) is 0 Å². The lowest BCUT2D eigenvalue weighted by atomic mass is 10.0. The van der Waals surface area contributed by atoms with Crippen molar-refractivity contribution < 1.29 is 28.7 Å². The highest BCUT2D eigenvalue weighted by Crippen LogP contribution is 2.17. The number of amides is 3. The van der Waals surface area contributed by atoms with E-state index in [2.05, 4.69) is 29.8 Å². The summed E-state index contributed by atoms with van der Waals surface area (Å²) in [7, 11) is 0. The van der Waals surface area contributed by atoms with Crippen LogP contribution in [0.1, 0.15) is 206 Å². The number of unbranched alkanes of at least 4 members (excludes halogenated alkanes) is 24. The zero-order valence-electron chi connectivity index (χ0n) is 37.7. The standard InChI is InChI=1S/C49H85N3O6S/c1-4-6-8-10-12-14-16-18-20-22-24-26-31-35-46(54)50-38-45(39-51-47(55)36-32-27-25-23-21-19-17-15-13-11-9-7-5-2)58-48(56)40-52-49(57)44(41-59-42(3)53)37-43-33-29-28-30-34-43/h28-30,33-34,44-45H,4-27,31-32,35-41H2,1-3H3,(H,50,54)(H,51,55)(H,52,57). The number of rotatable bonds is 40. The second kappa shape index (κ2) is 39.3. The fourth-order valence-corrected chi connectivity index (χ4v) is 7.97. The first-order valence-electron chi connectivity index (χ1n) is 23.9. The Labute approximate surface area is 364 Å². The molecule has 3 amide bonds. The molecule has 0 saturated carbocycles. The van der Waals surface area contributed by atoms with Crippen molar-refractivity contribution in [2.45, 2.75) is 213 Å². The molecule has 9 nitrogen and oxygen atoms in total. The number of carbonyl (C=O) groups is 5. The van der Waals surface area contributed by atoms with Gasteiger partial charge in [0.25, 0.3) is 0 Å². The van der Waals surface area contributed by atoms with Crippen molar-refractivity contribution >= 4 is 40.6 Å². The lowest BCUT2D eigenvalue weighted by molar-refractivity contribution is -0.149. The molecule has 0 aliphatic carbocycles. The average molecular weight is 844 g/mol. The van der Waals surface area contributed by atoms with E-state index in [9.17, 15) is 24.0 Å². The number of thioether (sulfide) groups is 1. The molecule has 1 rings (SSSR count). The molecule has 0 saturated heterocycles. The Kier molecular flexibility index (Phi) is 36.0. The number of carbonyl (C=O) groups excluding carboxylic acids is 5. The summed E-state index contributed by atoms with van der Waals surface area (Å²) in [6, 6.07) is 9.56. The summed E-state index contributed by atoms with van der Waals surface area (Å²) in [6.07, 6.45) is 32.6. The van der Waals surface area contributed by atoms with Crippen LogP contribution >= 0.6 is 11.8 Å². The summed E-state index contributed by atoms with van der Waals surface area (Å²) in [5.74, 6) is -1.42. The number of hydrogen-bond acceptors (Lipinski definition) is 7. The van der Waals surface area contributed by atoms with Gasteiger partial charge >= 0.3 is 5.97 Å². The lowest BCUT2D eigenvalue weighted by Crippen LogP contribution is -2.44. The number of ether oxygens (including phenoxy) is 1. The molecule has 10 heteroatoms. The van der Waals surface area contributed by atoms with Crippen molar-refractivity contribution in [3.63, 3.8) is 0 Å². The normalized spacial score (nSPS) is 11.7. The summed E-state index contributed by atoms with van der Waals surface area (Å²) in [6.45, 7) is 5.76. The SMILES string of the molecule is CCCCCCCCCCCCCCCC(=O)NCC(CNC(=O)CCCCCCCCCCCCCCC)OC(=O)CNC(=O)C(CSC(C)=O)Cc1ccccc1. The van der Waals surface area contributed by atoms with Gasteiger partial charge in [-0.1, -0.05) is 210 Å². The molecule has 0 aliphatic rings. The third kappa shape index (κ3) is 34.5. The van der Waals surface area contributed by atoms with E-state index in [0.717, 1.165) is 55.9 Å². The molecule has 0 spiro atoms. The first-order valence-corrected chi connectivity index (χ1v) is 24.9. The quantitative estimate of drug-likeness (QED) is 0.0443. The molecule has 1 aromatic carbocycles. The molecule has 0 fully saturated rings. The first kappa shape index (κ1) is 54.1. The second-order valence-electron chi connectivity index (χ2n) is 16.6. The Bertz CT molecular complexity index is 1170. The number of hydrogen-bond donors (Lipinski definition) is 3. The maximum atomic E-state index is 13.2. The molecule has 0 aromatic heterocycles. The van der Waals surface area contributed by atoms with Crippen LogP contribution in [0.25, 0.3) is 0 Å². The lowest BCUT2D eigenvalue weighted by Gasteiger charge is -2.20. The van der Waals surface area contributed by atoms with E-state index in [1.807, 2.05) is 30.3 Å². The van der Waals surface area contributed by atoms with Gasteiger partial charge < -0.3 is 20.7 Å². The Morgan fingerprint density at radius 1 is 0.542 bits per heavy atom. The zero-order valence-corrected chi connectivity index (χ0v) is 38.6. The van der Waals surface area contributed by atoms with Gasteiger partial charge in [0.05, 0.1) is 19.0 Å². The monoisotopic (exact) mass is 844 g/mol. The van der Waals surface area contributed by atoms with Crippen LogP contribution in [0.4, 0.5) is 0 Å². The minimum absolute atomic E-state index is 0.0713. The molecule has 1 aromatic rings. The van der Waals surface area contributed by atoms with Crippen LogP contribution in [0.15, 0.2) is 30.3 Å². The Hall–Kier alpha value is -2.88. The highest BCUT2D eigenvalue weighted by atomic mass is 32.2. The van der Waals surface area contributed by atoms with Crippen LogP contribution in [0.3, 0.4) is 0 Å². The van der Waals surface area contributed by atoms with E-state index in [0.29, 0.717) is 25.0 Å². The van der Waals surface area contributed by atoms with E-state index in [1.165, 1.54) is 135 Å². The predicted molar refractivity (Wildman–Crippen MR) is 246 cm³/mol. The highest BCUT2D eigenvalue weighted by Gasteiger charge is 2.23. The van der Waals surface area contributed by atoms with Crippen molar-refractivity contribution in [1.29, 1.82) is 0 Å². The average Bonchev–Trinajstić information content (AvgIpc) is 3.23. The van der Waals surface area contributed by atoms with Gasteiger partial charge in [0.1, 0.15) is 12.6 Å². The number of benzene rings is 1. The third-order valence-corrected chi connectivity index (χ3v) is 11.9. The number of nitrogens with one attached hydrogen (secondary N) is 3. The van der Waals surface area contributed by atoms with Crippen molar-refractivity contribution in [1.82, 2.24) is 16.0 Å². The molecule has 1 atom stereocenters. The van der Waals surface area contributed by atoms with Crippen LogP contribution in [0, 0.1) is 5.92 Å². The molecule has 0 radical (unpaired) electrons. The summed E-state index contributed by atoms with van der Waals surface area (Å²) in [5.41, 5.74) is 0.962. The molecule has 59 heavy (non-hydrogen) atoms. The van der Waals surface area contributed by atoms with Crippen molar-refractivity contribution in [2.24, 2.45) is 5.92 Å². The van der Waals surface area contributed by atoms with E-state index in [4.69, 9.17) is 4.74 Å². The van der Waals surface area contributed by atoms with Gasteiger partial charge in [-0.2, -0.15) is 0 Å². The highest BCUT2D eigenvalue weighted by molar-refractivity contribution is 8.13. The topological polar surface area (TPSA) is 131 Å². The Morgan fingerprint density at radius 3 is 1.32 bits per heavy atom. The van der Waals surface area contributed by atoms with E-state index in [1.54, 1.807) is 0 Å². The van der Waals surface area contributed by atoms with Crippen molar-refractivity contribution in [2.75, 3.05) is 25.4 Å². The summed E-state index contributed by atoms with van der Waals surface area (Å²) < 4.78 is 5.70. The Morgan fingerprint density at radius 2 is 0.932 bits per heavy atom. The minimum atomic E-state index is -0.779. The molecular weight excluding hydrogens is 759 g/mol. The Balaban J connectivity index is 2.50. The van der Waals surface area contributed by atoms with Gasteiger partial charge in [-0.25, -0.2) is 0 Å². The maximum Gasteiger partial charge on any atom is 0.325 e. The molecule has 0 bridgehead atoms. The van der Waals surface area contributed by atoms with Gasteiger partial charge in [-0.05, 0) is 24.8 Å². The molecule has 3 N–H and O–H groups in total. The van der Waals surface area contributed by atoms with Gasteiger partial charge in [0.15, 0.2) is 5.12 Å². The van der Waals surface area contributed by atoms with Gasteiger partial charge in [0.2, 0.25) is 17.7 Å². The van der Waals surface area contributed by atoms with Gasteiger partial charge in [-0.15, -0.1) is 0 Å². The van der Waals surface area contributed by atoms with E-state index >= 15 is 0 Å². The van der Waals surface area contributed by atoms with Crippen LogP contribution < -0.4 is 16.0 Å². The second-order valence-corrected chi connectivity index (χ2v) is 17.8. The summed E-state index contributed by atoms with van der Waals surface area (Å²) >= 11 is 1.08. The van der Waals surface area contributed by atoms with Gasteiger partial charge in [-0.3, -0.25) is 24.0 Å². The molecule has 338 valence electrons. The molecule has 0 heterocycles. The smallest absolute Gasteiger partial charge is 0.325 e. The van der Waals surface area contributed by atoms with E-state index in [-0.39, 0.29) is 42.5 Å². The summed E-state index contributed by atoms with van der Waals surface area (Å²) in [5, 5.41) is 8.40. The maximum absolute atomic E-state index is 13.2. The fraction of sp³-hybridized carbons (Fsp3) is 0.776. The number of esters is 1. The largest absolute Gasteiger partial charge is 0.457 e. The van der Waals surface area contributed by atoms with Gasteiger partial charge in [0, 0.05) is 25.5 Å². The van der Waals surface area contributed by atoms with Crippen molar-refractivity contribution in [3.8, 4) is 0 Å². The van der Waals surface area contributed by atoms with Crippen LogP contribution in [-0.4, -0.2) is 60.3 Å². The molecule has 1 unspecified atom stereocenters. The van der Waals surface area contributed by atoms with Crippen LogP contribution in [0.2, 0.25) is 0 Å². The van der Waals surface area contributed by atoms with Crippen molar-refractivity contribution in [3.05, 3.63) is 35.9 Å². The minimum Gasteiger partial charge on any atom is -0.457 e. The zero-order chi connectivity index (χ0) is 43.0. The predicted octanol–water partition coefficient (Wildman–Crippen LogP) is 11.3. The summed E-state index contributed by atoms with van der Waals surface area (Å²) in [4.78, 5) is 63.3. The molecule has 0 aliphatic heterocycles. The van der Waals surface area contributed by atoms with E-state index < -0.39 is 18.0 Å². The first-order chi connectivity index (χ1) is 28.7. The third-order valence-electron chi connectivity index (χ3n) is 11.0. The fourth-order valence-electron chi connectivity index (χ4n) is 7.27. The van der Waals surface area contributed by atoms with Crippen LogP contribution in [-0.2, 0) is 35.1 Å². The molecular formula is C49H85N3O6S.